The maximum absolute atomic E-state index is 7.07. The molecule has 0 heterocycles. The SMILES string of the molecule is COO.C[N-]c1cccc([C@H](C)N(C)C)c1.[Y]. The van der Waals surface area contributed by atoms with E-state index in [4.69, 9.17) is 5.26 Å². The van der Waals surface area contributed by atoms with Crippen LogP contribution in [0.1, 0.15) is 18.5 Å². The van der Waals surface area contributed by atoms with Crippen LogP contribution in [0.3, 0.4) is 0 Å². The summed E-state index contributed by atoms with van der Waals surface area (Å²) in [5.41, 5.74) is 2.36. The molecule has 0 amide bonds. The van der Waals surface area contributed by atoms with Gasteiger partial charge in [-0.3, -0.25) is 5.26 Å². The minimum atomic E-state index is 0. The summed E-state index contributed by atoms with van der Waals surface area (Å²) in [6.45, 7) is 2.19. The first-order valence-electron chi connectivity index (χ1n) is 5.10. The molecule has 0 unspecified atom stereocenters. The molecular formula is C12H21N2O2Y-. The summed E-state index contributed by atoms with van der Waals surface area (Å²) in [7, 11) is 7.17. The second-order valence-electron chi connectivity index (χ2n) is 3.64. The van der Waals surface area contributed by atoms with Gasteiger partial charge < -0.3 is 10.2 Å². The Hall–Kier alpha value is 0.00390. The average molecular weight is 314 g/mol. The van der Waals surface area contributed by atoms with Gasteiger partial charge >= 0.3 is 0 Å². The van der Waals surface area contributed by atoms with Crippen molar-refractivity contribution in [3.05, 3.63) is 35.1 Å². The molecule has 0 bridgehead atoms. The molecule has 0 aliphatic carbocycles. The monoisotopic (exact) mass is 314 g/mol. The maximum Gasteiger partial charge on any atom is 0.0710 e. The van der Waals surface area contributed by atoms with Crippen molar-refractivity contribution in [2.75, 3.05) is 28.3 Å². The molecule has 1 aromatic rings. The van der Waals surface area contributed by atoms with Gasteiger partial charge in [0.25, 0.3) is 0 Å². The molecular weight excluding hydrogens is 293 g/mol. The van der Waals surface area contributed by atoms with Crippen LogP contribution in [-0.2, 0) is 37.6 Å². The predicted molar refractivity (Wildman–Crippen MR) is 67.1 cm³/mol. The average Bonchev–Trinajstić information content (AvgIpc) is 2.29. The Kier molecular flexibility index (Phi) is 12.6. The number of rotatable bonds is 3. The van der Waals surface area contributed by atoms with E-state index in [1.807, 2.05) is 13.1 Å². The first-order chi connectivity index (χ1) is 7.56. The molecule has 1 N–H and O–H groups in total. The van der Waals surface area contributed by atoms with Crippen LogP contribution in [0.2, 0.25) is 0 Å². The van der Waals surface area contributed by atoms with Crippen molar-refractivity contribution in [3.63, 3.8) is 0 Å². The summed E-state index contributed by atoms with van der Waals surface area (Å²) < 4.78 is 0. The molecule has 95 valence electrons. The molecule has 0 spiro atoms. The third-order valence-electron chi connectivity index (χ3n) is 2.39. The molecule has 0 aromatic heterocycles. The number of hydrogen-bond donors (Lipinski definition) is 1. The summed E-state index contributed by atoms with van der Waals surface area (Å²) in [6.07, 6.45) is 0. The summed E-state index contributed by atoms with van der Waals surface area (Å²) in [4.78, 5) is 5.44. The van der Waals surface area contributed by atoms with Crippen LogP contribution >= 0.6 is 0 Å². The van der Waals surface area contributed by atoms with Crippen LogP contribution in [0.25, 0.3) is 5.32 Å². The van der Waals surface area contributed by atoms with E-state index in [9.17, 15) is 0 Å². The molecule has 1 rings (SSSR count). The van der Waals surface area contributed by atoms with E-state index in [-0.39, 0.29) is 32.7 Å². The first kappa shape index (κ1) is 19.3. The zero-order valence-corrected chi connectivity index (χ0v) is 14.1. The van der Waals surface area contributed by atoms with E-state index >= 15 is 0 Å². The standard InChI is InChI=1S/C11H17N2.CH4O2.Y/c1-9(13(3)4)10-6-5-7-11(8-10)12-2;1-3-2;/h5-9H,1-4H3;2H,1H3;/q-1;;/t9-;;/m0../s1. The van der Waals surface area contributed by atoms with Gasteiger partial charge in [-0.1, -0.05) is 24.3 Å². The van der Waals surface area contributed by atoms with Gasteiger partial charge in [0.15, 0.2) is 0 Å². The third kappa shape index (κ3) is 7.84. The van der Waals surface area contributed by atoms with E-state index in [2.05, 4.69) is 54.3 Å². The van der Waals surface area contributed by atoms with Crippen molar-refractivity contribution in [1.29, 1.82) is 0 Å². The van der Waals surface area contributed by atoms with Crippen LogP contribution in [0.5, 0.6) is 0 Å². The summed E-state index contributed by atoms with van der Waals surface area (Å²) in [5, 5.41) is 11.2. The van der Waals surface area contributed by atoms with Gasteiger partial charge in [0.2, 0.25) is 0 Å². The van der Waals surface area contributed by atoms with Crippen molar-refractivity contribution in [2.24, 2.45) is 0 Å². The van der Waals surface area contributed by atoms with E-state index in [0.717, 1.165) is 5.69 Å². The molecule has 4 nitrogen and oxygen atoms in total. The maximum atomic E-state index is 7.07. The fourth-order valence-corrected chi connectivity index (χ4v) is 1.22. The fraction of sp³-hybridized carbons (Fsp3) is 0.500. The topological polar surface area (TPSA) is 46.8 Å². The van der Waals surface area contributed by atoms with E-state index in [1.54, 1.807) is 0 Å². The predicted octanol–water partition coefficient (Wildman–Crippen LogP) is 3.05. The molecule has 5 heteroatoms. The summed E-state index contributed by atoms with van der Waals surface area (Å²) >= 11 is 0. The second kappa shape index (κ2) is 11.1. The quantitative estimate of drug-likeness (QED) is 0.689. The number of nitrogens with zero attached hydrogens (tertiary/aromatic N) is 2. The third-order valence-corrected chi connectivity index (χ3v) is 2.39. The van der Waals surface area contributed by atoms with Crippen molar-refractivity contribution < 1.29 is 42.9 Å². The van der Waals surface area contributed by atoms with Crippen molar-refractivity contribution in [1.82, 2.24) is 4.90 Å². The van der Waals surface area contributed by atoms with Gasteiger partial charge in [0.1, 0.15) is 0 Å². The molecule has 17 heavy (non-hydrogen) atoms. The van der Waals surface area contributed by atoms with Gasteiger partial charge in [-0.25, -0.2) is 4.89 Å². The molecule has 1 radical (unpaired) electrons. The molecule has 1 aromatic carbocycles. The molecule has 0 fully saturated rings. The van der Waals surface area contributed by atoms with E-state index in [0.29, 0.717) is 6.04 Å². The Balaban J connectivity index is 0. The largest absolute Gasteiger partial charge is 0.687 e. The summed E-state index contributed by atoms with van der Waals surface area (Å²) in [6, 6.07) is 8.79. The smallest absolute Gasteiger partial charge is 0.0710 e. The summed E-state index contributed by atoms with van der Waals surface area (Å²) in [5.74, 6) is 0. The normalized spacial score (nSPS) is 11.0. The Morgan fingerprint density at radius 1 is 1.35 bits per heavy atom. The molecule has 0 saturated heterocycles. The van der Waals surface area contributed by atoms with Crippen LogP contribution in [0.15, 0.2) is 24.3 Å². The van der Waals surface area contributed by atoms with E-state index in [1.165, 1.54) is 12.7 Å². The van der Waals surface area contributed by atoms with Crippen LogP contribution < -0.4 is 0 Å². The van der Waals surface area contributed by atoms with Gasteiger partial charge in [-0.15, -0.1) is 12.7 Å². The van der Waals surface area contributed by atoms with Crippen LogP contribution in [-0.4, -0.2) is 38.4 Å². The minimum Gasteiger partial charge on any atom is -0.687 e. The van der Waals surface area contributed by atoms with Gasteiger partial charge in [-0.2, -0.15) is 0 Å². The van der Waals surface area contributed by atoms with Gasteiger partial charge in [0.05, 0.1) is 7.11 Å². The zero-order valence-electron chi connectivity index (χ0n) is 11.2. The van der Waals surface area contributed by atoms with E-state index < -0.39 is 0 Å². The molecule has 0 aliphatic rings. The molecule has 0 saturated carbocycles. The zero-order chi connectivity index (χ0) is 12.6. The molecule has 0 aliphatic heterocycles. The van der Waals surface area contributed by atoms with Crippen molar-refractivity contribution in [2.45, 2.75) is 13.0 Å². The molecule has 1 atom stereocenters. The Morgan fingerprint density at radius 3 is 2.29 bits per heavy atom. The number of benzene rings is 1. The van der Waals surface area contributed by atoms with Gasteiger partial charge in [-0.05, 0) is 26.6 Å². The number of hydrogen-bond acceptors (Lipinski definition) is 3. The Labute approximate surface area is 129 Å². The minimum absolute atomic E-state index is 0. The van der Waals surface area contributed by atoms with Crippen molar-refractivity contribution in [3.8, 4) is 0 Å². The fourth-order valence-electron chi connectivity index (χ4n) is 1.22. The Morgan fingerprint density at radius 2 is 1.88 bits per heavy atom. The Bertz CT molecular complexity index is 296. The van der Waals surface area contributed by atoms with Gasteiger partial charge in [0, 0.05) is 38.8 Å². The second-order valence-corrected chi connectivity index (χ2v) is 3.64. The first-order valence-corrected chi connectivity index (χ1v) is 5.10. The van der Waals surface area contributed by atoms with Crippen LogP contribution in [0, 0.1) is 0 Å². The van der Waals surface area contributed by atoms with Crippen LogP contribution in [0.4, 0.5) is 5.69 Å². The van der Waals surface area contributed by atoms with Crippen molar-refractivity contribution >= 4 is 5.69 Å².